The van der Waals surface area contributed by atoms with Crippen molar-refractivity contribution < 1.29 is 39.3 Å². The Kier molecular flexibility index (Phi) is 12.8. The zero-order chi connectivity index (χ0) is 26.5. The highest BCUT2D eigenvalue weighted by molar-refractivity contribution is 7.98. The number of carboxylic acids is 2. The molecule has 5 unspecified atom stereocenters. The van der Waals surface area contributed by atoms with Crippen molar-refractivity contribution in [1.29, 1.82) is 0 Å². The largest absolute Gasteiger partial charge is 0.481 e. The van der Waals surface area contributed by atoms with Gasteiger partial charge in [0.05, 0.1) is 12.5 Å². The van der Waals surface area contributed by atoms with Gasteiger partial charge >= 0.3 is 11.9 Å². The number of carboxylic acid groups (broad SMARTS) is 2. The molecular formula is C22H32N4O8S. The SMILES string of the molecule is CSCCC(NC(=O)C(CC(=O)O)NC(=O)C(Cc1ccccc1)NC(=O)C(N)C(C)O)C(=O)O. The van der Waals surface area contributed by atoms with Gasteiger partial charge in [-0.1, -0.05) is 30.3 Å². The van der Waals surface area contributed by atoms with Crippen LogP contribution in [0.1, 0.15) is 25.3 Å². The van der Waals surface area contributed by atoms with Crippen LogP contribution in [0.2, 0.25) is 0 Å². The standard InChI is InChI=1S/C22H32N4O8S/c1-12(27)18(23)21(32)26-15(10-13-6-4-3-5-7-13)19(30)25-16(11-17(28)29)20(31)24-14(22(33)34)8-9-35-2/h3-7,12,14-16,18,27H,8-11,23H2,1-2H3,(H,24,31)(H,25,30)(H,26,32)(H,28,29)(H,33,34). The normalized spacial score (nSPS) is 15.1. The molecule has 0 saturated carbocycles. The molecule has 1 aromatic rings. The van der Waals surface area contributed by atoms with Crippen LogP contribution in [0.4, 0.5) is 0 Å². The van der Waals surface area contributed by atoms with Gasteiger partial charge < -0.3 is 37.0 Å². The number of aliphatic hydroxyl groups excluding tert-OH is 1. The van der Waals surface area contributed by atoms with Crippen LogP contribution in [0, 0.1) is 0 Å². The number of aliphatic carboxylic acids is 2. The molecule has 3 amide bonds. The maximum atomic E-state index is 13.0. The second-order valence-electron chi connectivity index (χ2n) is 7.86. The monoisotopic (exact) mass is 512 g/mol. The maximum absolute atomic E-state index is 13.0. The van der Waals surface area contributed by atoms with E-state index in [9.17, 15) is 39.3 Å². The van der Waals surface area contributed by atoms with Crippen LogP contribution >= 0.6 is 11.8 Å². The van der Waals surface area contributed by atoms with E-state index in [1.807, 2.05) is 0 Å². The Morgan fingerprint density at radius 2 is 1.46 bits per heavy atom. The molecule has 5 atom stereocenters. The van der Waals surface area contributed by atoms with Crippen molar-refractivity contribution in [3.05, 3.63) is 35.9 Å². The summed E-state index contributed by atoms with van der Waals surface area (Å²) in [5, 5.41) is 35.1. The van der Waals surface area contributed by atoms with Crippen LogP contribution in [0.15, 0.2) is 30.3 Å². The molecule has 0 aliphatic rings. The average Bonchev–Trinajstić information content (AvgIpc) is 2.80. The highest BCUT2D eigenvalue weighted by Gasteiger charge is 2.32. The molecule has 0 radical (unpaired) electrons. The summed E-state index contributed by atoms with van der Waals surface area (Å²) in [6.45, 7) is 1.31. The van der Waals surface area contributed by atoms with Gasteiger partial charge in [0.2, 0.25) is 17.7 Å². The van der Waals surface area contributed by atoms with Crippen LogP contribution in [-0.4, -0.2) is 87.3 Å². The third-order valence-electron chi connectivity index (χ3n) is 4.98. The van der Waals surface area contributed by atoms with Crippen LogP contribution < -0.4 is 21.7 Å². The molecule has 0 aromatic heterocycles. The quantitative estimate of drug-likeness (QED) is 0.148. The van der Waals surface area contributed by atoms with Gasteiger partial charge in [0.25, 0.3) is 0 Å². The van der Waals surface area contributed by atoms with E-state index in [1.54, 1.807) is 36.6 Å². The summed E-state index contributed by atoms with van der Waals surface area (Å²) < 4.78 is 0. The molecule has 1 aromatic carbocycles. The third kappa shape index (κ3) is 10.8. The highest BCUT2D eigenvalue weighted by Crippen LogP contribution is 2.07. The maximum Gasteiger partial charge on any atom is 0.326 e. The first-order valence-electron chi connectivity index (χ1n) is 10.8. The predicted octanol–water partition coefficient (Wildman–Crippen LogP) is -1.30. The van der Waals surface area contributed by atoms with E-state index in [1.165, 1.54) is 18.7 Å². The van der Waals surface area contributed by atoms with Crippen LogP contribution in [-0.2, 0) is 30.4 Å². The number of hydrogen-bond acceptors (Lipinski definition) is 8. The number of aliphatic hydroxyl groups is 1. The second kappa shape index (κ2) is 15.0. The van der Waals surface area contributed by atoms with Crippen LogP contribution in [0.3, 0.4) is 0 Å². The summed E-state index contributed by atoms with van der Waals surface area (Å²) in [7, 11) is 0. The van der Waals surface area contributed by atoms with Crippen molar-refractivity contribution in [1.82, 2.24) is 16.0 Å². The number of thioether (sulfide) groups is 1. The fraction of sp³-hybridized carbons (Fsp3) is 0.500. The molecule has 0 aliphatic carbocycles. The molecule has 8 N–H and O–H groups in total. The van der Waals surface area contributed by atoms with E-state index >= 15 is 0 Å². The van der Waals surface area contributed by atoms with Crippen molar-refractivity contribution in [2.75, 3.05) is 12.0 Å². The first-order valence-corrected chi connectivity index (χ1v) is 12.2. The number of nitrogens with two attached hydrogens (primary N) is 1. The number of rotatable bonds is 15. The molecule has 0 bridgehead atoms. The minimum absolute atomic E-state index is 0.0160. The van der Waals surface area contributed by atoms with E-state index in [4.69, 9.17) is 5.73 Å². The fourth-order valence-corrected chi connectivity index (χ4v) is 3.44. The summed E-state index contributed by atoms with van der Waals surface area (Å²) in [5.41, 5.74) is 6.30. The van der Waals surface area contributed by atoms with Crippen LogP contribution in [0.5, 0.6) is 0 Å². The van der Waals surface area contributed by atoms with Gasteiger partial charge in [0, 0.05) is 6.42 Å². The lowest BCUT2D eigenvalue weighted by atomic mass is 10.0. The molecule has 0 fully saturated rings. The first-order chi connectivity index (χ1) is 16.5. The van der Waals surface area contributed by atoms with E-state index in [-0.39, 0.29) is 12.8 Å². The van der Waals surface area contributed by atoms with Gasteiger partial charge in [-0.05, 0) is 30.9 Å². The molecule has 35 heavy (non-hydrogen) atoms. The Balaban J connectivity index is 3.09. The molecule has 0 heterocycles. The zero-order valence-corrected chi connectivity index (χ0v) is 20.3. The van der Waals surface area contributed by atoms with E-state index in [2.05, 4.69) is 16.0 Å². The van der Waals surface area contributed by atoms with E-state index in [0.717, 1.165) is 0 Å². The lowest BCUT2D eigenvalue weighted by molar-refractivity contribution is -0.143. The van der Waals surface area contributed by atoms with Gasteiger partial charge in [0.15, 0.2) is 0 Å². The molecule has 0 aliphatic heterocycles. The predicted molar refractivity (Wildman–Crippen MR) is 128 cm³/mol. The van der Waals surface area contributed by atoms with Crippen molar-refractivity contribution in [2.24, 2.45) is 5.73 Å². The van der Waals surface area contributed by atoms with Crippen LogP contribution in [0.25, 0.3) is 0 Å². The zero-order valence-electron chi connectivity index (χ0n) is 19.5. The Morgan fingerprint density at radius 1 is 0.914 bits per heavy atom. The minimum atomic E-state index is -1.60. The first kappa shape index (κ1) is 29.9. The topological polar surface area (TPSA) is 208 Å². The van der Waals surface area contributed by atoms with Crippen molar-refractivity contribution in [3.63, 3.8) is 0 Å². The number of carbonyl (C=O) groups excluding carboxylic acids is 3. The molecule has 12 nitrogen and oxygen atoms in total. The van der Waals surface area contributed by atoms with Crippen molar-refractivity contribution in [2.45, 2.75) is 56.5 Å². The number of nitrogens with one attached hydrogen (secondary N) is 3. The van der Waals surface area contributed by atoms with E-state index < -0.39 is 66.4 Å². The molecule has 194 valence electrons. The summed E-state index contributed by atoms with van der Waals surface area (Å²) in [6.07, 6.45) is -0.169. The molecular weight excluding hydrogens is 480 g/mol. The lowest BCUT2D eigenvalue weighted by Crippen LogP contribution is -2.59. The summed E-state index contributed by atoms with van der Waals surface area (Å²) >= 11 is 1.37. The Morgan fingerprint density at radius 3 is 1.97 bits per heavy atom. The Bertz CT molecular complexity index is 883. The van der Waals surface area contributed by atoms with Gasteiger partial charge in [0.1, 0.15) is 24.2 Å². The van der Waals surface area contributed by atoms with Gasteiger partial charge in [-0.3, -0.25) is 19.2 Å². The van der Waals surface area contributed by atoms with Gasteiger partial charge in [-0.2, -0.15) is 11.8 Å². The fourth-order valence-electron chi connectivity index (χ4n) is 2.97. The van der Waals surface area contributed by atoms with Gasteiger partial charge in [-0.25, -0.2) is 4.79 Å². The molecule has 1 rings (SSSR count). The number of carbonyl (C=O) groups is 5. The number of benzene rings is 1. The number of hydrogen-bond donors (Lipinski definition) is 7. The molecule has 0 spiro atoms. The molecule has 13 heteroatoms. The highest BCUT2D eigenvalue weighted by atomic mass is 32.2. The third-order valence-corrected chi connectivity index (χ3v) is 5.62. The lowest BCUT2D eigenvalue weighted by Gasteiger charge is -2.25. The Labute approximate surface area is 207 Å². The van der Waals surface area contributed by atoms with Crippen molar-refractivity contribution >= 4 is 41.4 Å². The van der Waals surface area contributed by atoms with E-state index in [0.29, 0.717) is 11.3 Å². The second-order valence-corrected chi connectivity index (χ2v) is 8.84. The summed E-state index contributed by atoms with van der Waals surface area (Å²) in [5.74, 6) is -4.95. The Hall–Kier alpha value is -3.16. The van der Waals surface area contributed by atoms with Gasteiger partial charge in [-0.15, -0.1) is 0 Å². The summed E-state index contributed by atoms with van der Waals surface area (Å²) in [4.78, 5) is 60.9. The minimum Gasteiger partial charge on any atom is -0.481 e. The van der Waals surface area contributed by atoms with Crippen molar-refractivity contribution in [3.8, 4) is 0 Å². The smallest absolute Gasteiger partial charge is 0.326 e. The summed E-state index contributed by atoms with van der Waals surface area (Å²) in [6, 6.07) is 3.13. The average molecular weight is 513 g/mol. The molecule has 0 saturated heterocycles. The number of amides is 3.